The zero-order valence-corrected chi connectivity index (χ0v) is 6.47. The molecule has 1 N–H and O–H groups in total. The molecule has 2 aliphatic rings. The Balaban J connectivity index is 2.31. The minimum absolute atomic E-state index is 0.485. The van der Waals surface area contributed by atoms with Crippen LogP contribution < -0.4 is 0 Å². The Morgan fingerprint density at radius 2 is 2.33 bits per heavy atom. The molecule has 67 valence electrons. The second-order valence-electron chi connectivity index (χ2n) is 3.17. The van der Waals surface area contributed by atoms with Crippen molar-refractivity contribution in [3.63, 3.8) is 0 Å². The van der Waals surface area contributed by atoms with Crippen molar-refractivity contribution in [2.45, 2.75) is 30.8 Å². The van der Waals surface area contributed by atoms with Gasteiger partial charge in [-0.3, -0.25) is 0 Å². The summed E-state index contributed by atoms with van der Waals surface area (Å²) >= 11 is 0. The first-order valence-electron chi connectivity index (χ1n) is 3.68. The van der Waals surface area contributed by atoms with Gasteiger partial charge in [-0.1, -0.05) is 12.2 Å². The van der Waals surface area contributed by atoms with E-state index in [0.29, 0.717) is 0 Å². The molecule has 12 heavy (non-hydrogen) atoms. The molecule has 0 amide bonds. The second-order valence-corrected chi connectivity index (χ2v) is 3.17. The Morgan fingerprint density at radius 1 is 1.58 bits per heavy atom. The van der Waals surface area contributed by atoms with E-state index in [2.05, 4.69) is 4.89 Å². The maximum Gasteiger partial charge on any atom is 0.162 e. The predicted molar refractivity (Wildman–Crippen MR) is 35.1 cm³/mol. The van der Waals surface area contributed by atoms with E-state index >= 15 is 0 Å². The van der Waals surface area contributed by atoms with E-state index in [4.69, 9.17) is 9.78 Å². The molecule has 5 nitrogen and oxygen atoms in total. The third-order valence-corrected chi connectivity index (χ3v) is 2.38. The van der Waals surface area contributed by atoms with Gasteiger partial charge in [0.05, 0.1) is 0 Å². The highest BCUT2D eigenvalue weighted by Crippen LogP contribution is 2.37. The van der Waals surface area contributed by atoms with Gasteiger partial charge in [-0.05, 0) is 12.2 Å². The summed E-state index contributed by atoms with van der Waals surface area (Å²) in [5, 5.41) is 19.8. The van der Waals surface area contributed by atoms with E-state index in [1.165, 1.54) is 6.08 Å². The molecule has 0 aromatic rings. The summed E-state index contributed by atoms with van der Waals surface area (Å²) in [4.78, 5) is 13.5. The van der Waals surface area contributed by atoms with Crippen molar-refractivity contribution in [1.82, 2.24) is 0 Å². The Kier molecular flexibility index (Phi) is 1.71. The van der Waals surface area contributed by atoms with Crippen LogP contribution in [0.25, 0.3) is 0 Å². The van der Waals surface area contributed by atoms with E-state index in [-0.39, 0.29) is 0 Å². The van der Waals surface area contributed by atoms with Gasteiger partial charge in [0.15, 0.2) is 5.60 Å². The maximum atomic E-state index is 10.2. The molecule has 1 aliphatic carbocycles. The first-order chi connectivity index (χ1) is 5.68. The molecule has 2 rings (SSSR count). The molecule has 0 aromatic heterocycles. The third kappa shape index (κ3) is 0.854. The Bertz CT molecular complexity index is 216. The quantitative estimate of drug-likeness (QED) is 0.337. The summed E-state index contributed by atoms with van der Waals surface area (Å²) in [7, 11) is 0. The summed E-state index contributed by atoms with van der Waals surface area (Å²) < 4.78 is 0. The second kappa shape index (κ2) is 2.51. The first-order valence-corrected chi connectivity index (χ1v) is 3.68. The third-order valence-electron chi connectivity index (χ3n) is 2.38. The van der Waals surface area contributed by atoms with Gasteiger partial charge in [-0.15, -0.1) is 0 Å². The SMILES string of the molecule is CC12OOC(C=CC1O[O])C2O. The fraction of sp³-hybridized carbons (Fsp3) is 0.714. The lowest BCUT2D eigenvalue weighted by molar-refractivity contribution is -0.390. The molecule has 4 unspecified atom stereocenters. The highest BCUT2D eigenvalue weighted by molar-refractivity contribution is 5.16. The fourth-order valence-corrected chi connectivity index (χ4v) is 1.47. The van der Waals surface area contributed by atoms with Gasteiger partial charge in [0.2, 0.25) is 0 Å². The smallest absolute Gasteiger partial charge is 0.162 e. The Hall–Kier alpha value is -0.460. The van der Waals surface area contributed by atoms with E-state index in [1.54, 1.807) is 13.0 Å². The lowest BCUT2D eigenvalue weighted by atomic mass is 9.85. The number of hydrogen-bond acceptors (Lipinski definition) is 4. The lowest BCUT2D eigenvalue weighted by Crippen LogP contribution is -2.51. The summed E-state index contributed by atoms with van der Waals surface area (Å²) in [6, 6.07) is 0. The van der Waals surface area contributed by atoms with Gasteiger partial charge < -0.3 is 5.11 Å². The topological polar surface area (TPSA) is 67.8 Å². The average molecular weight is 173 g/mol. The van der Waals surface area contributed by atoms with Gasteiger partial charge in [0.1, 0.15) is 18.3 Å². The highest BCUT2D eigenvalue weighted by Gasteiger charge is 2.55. The summed E-state index contributed by atoms with van der Waals surface area (Å²) in [6.45, 7) is 1.57. The Labute approximate surface area is 69.0 Å². The van der Waals surface area contributed by atoms with Crippen molar-refractivity contribution in [3.05, 3.63) is 12.2 Å². The van der Waals surface area contributed by atoms with Gasteiger partial charge in [-0.25, -0.2) is 9.78 Å². The monoisotopic (exact) mass is 173 g/mol. The van der Waals surface area contributed by atoms with Crippen LogP contribution in [-0.4, -0.2) is 29.0 Å². The van der Waals surface area contributed by atoms with E-state index in [1.807, 2.05) is 0 Å². The molecule has 4 atom stereocenters. The van der Waals surface area contributed by atoms with Crippen molar-refractivity contribution in [2.24, 2.45) is 0 Å². The molecule has 2 bridgehead atoms. The normalized spacial score (nSPS) is 51.4. The zero-order chi connectivity index (χ0) is 8.77. The molecular formula is C7H9O5. The van der Waals surface area contributed by atoms with Crippen LogP contribution in [0.5, 0.6) is 0 Å². The van der Waals surface area contributed by atoms with E-state index in [9.17, 15) is 10.4 Å². The molecule has 1 aliphatic heterocycles. The molecule has 0 aromatic carbocycles. The molecule has 0 spiro atoms. The minimum Gasteiger partial charge on any atom is -0.387 e. The molecule has 1 radical (unpaired) electrons. The van der Waals surface area contributed by atoms with Crippen molar-refractivity contribution in [1.29, 1.82) is 0 Å². The number of aliphatic hydroxyl groups excluding tert-OH is 1. The molecule has 1 saturated heterocycles. The number of rotatable bonds is 1. The lowest BCUT2D eigenvalue weighted by Gasteiger charge is -2.30. The van der Waals surface area contributed by atoms with Gasteiger partial charge in [0, 0.05) is 0 Å². The number of aliphatic hydroxyl groups is 1. The Morgan fingerprint density at radius 3 is 3.00 bits per heavy atom. The molecule has 1 fully saturated rings. The zero-order valence-electron chi connectivity index (χ0n) is 6.47. The molecule has 0 saturated carbocycles. The van der Waals surface area contributed by atoms with Crippen molar-refractivity contribution < 1.29 is 25.0 Å². The van der Waals surface area contributed by atoms with Crippen LogP contribution in [-0.2, 0) is 19.9 Å². The standard InChI is InChI=1S/C7H9O5/c1-7-5(10-9)3-2-4(6(7)8)11-12-7/h2-6,8H,1H3. The van der Waals surface area contributed by atoms with Crippen LogP contribution in [0.1, 0.15) is 6.92 Å². The van der Waals surface area contributed by atoms with Crippen LogP contribution >= 0.6 is 0 Å². The van der Waals surface area contributed by atoms with Gasteiger partial charge in [0.25, 0.3) is 0 Å². The summed E-state index contributed by atoms with van der Waals surface area (Å²) in [5.74, 6) is 0. The largest absolute Gasteiger partial charge is 0.387 e. The highest BCUT2D eigenvalue weighted by atomic mass is 17.2. The summed E-state index contributed by atoms with van der Waals surface area (Å²) in [6.07, 6.45) is 0.966. The number of fused-ring (bicyclic) bond motifs is 2. The molecule has 5 heteroatoms. The van der Waals surface area contributed by atoms with E-state index < -0.39 is 23.9 Å². The van der Waals surface area contributed by atoms with Crippen molar-refractivity contribution in [2.75, 3.05) is 0 Å². The van der Waals surface area contributed by atoms with Crippen LogP contribution in [0.4, 0.5) is 0 Å². The predicted octanol–water partition coefficient (Wildman–Crippen LogP) is -0.263. The molecular weight excluding hydrogens is 164 g/mol. The van der Waals surface area contributed by atoms with Gasteiger partial charge >= 0.3 is 0 Å². The van der Waals surface area contributed by atoms with Crippen LogP contribution in [0.15, 0.2) is 12.2 Å². The van der Waals surface area contributed by atoms with E-state index in [0.717, 1.165) is 0 Å². The summed E-state index contributed by atoms with van der Waals surface area (Å²) in [5.41, 5.74) is -1.07. The van der Waals surface area contributed by atoms with Crippen molar-refractivity contribution >= 4 is 0 Å². The van der Waals surface area contributed by atoms with Crippen molar-refractivity contribution in [3.8, 4) is 0 Å². The van der Waals surface area contributed by atoms with Crippen LogP contribution in [0.2, 0.25) is 0 Å². The first kappa shape index (κ1) is 8.15. The molecule has 1 heterocycles. The maximum absolute atomic E-state index is 10.2. The van der Waals surface area contributed by atoms with Crippen LogP contribution in [0, 0.1) is 0 Å². The number of hydrogen-bond donors (Lipinski definition) is 1. The van der Waals surface area contributed by atoms with Gasteiger partial charge in [-0.2, -0.15) is 4.89 Å². The van der Waals surface area contributed by atoms with Crippen LogP contribution in [0.3, 0.4) is 0 Å². The minimum atomic E-state index is -1.07. The fourth-order valence-electron chi connectivity index (χ4n) is 1.47. The average Bonchev–Trinajstić information content (AvgIpc) is 2.29.